The number of benzene rings is 2. The van der Waals surface area contributed by atoms with Crippen molar-refractivity contribution in [2.45, 2.75) is 19.9 Å². The predicted molar refractivity (Wildman–Crippen MR) is 108 cm³/mol. The zero-order chi connectivity index (χ0) is 20.5. The lowest BCUT2D eigenvalue weighted by Gasteiger charge is -2.20. The first-order valence-corrected chi connectivity index (χ1v) is 8.86. The minimum absolute atomic E-state index is 0.116. The summed E-state index contributed by atoms with van der Waals surface area (Å²) in [6, 6.07) is 13.2. The summed E-state index contributed by atoms with van der Waals surface area (Å²) in [6.45, 7) is 3.70. The number of carbonyl (C=O) groups is 2. The van der Waals surface area contributed by atoms with Crippen LogP contribution in [0.15, 0.2) is 53.6 Å². The van der Waals surface area contributed by atoms with Crippen molar-refractivity contribution in [3.8, 4) is 11.5 Å². The fraction of sp³-hybridized carbons (Fsp3) is 0.286. The minimum atomic E-state index is -0.725. The fourth-order valence-corrected chi connectivity index (χ4v) is 2.46. The number of hydrazone groups is 1. The Morgan fingerprint density at radius 1 is 1.00 bits per heavy atom. The highest BCUT2D eigenvalue weighted by Gasteiger charge is 2.24. The normalized spacial score (nSPS) is 11.9. The molecule has 7 nitrogen and oxygen atoms in total. The van der Waals surface area contributed by atoms with Crippen molar-refractivity contribution in [2.24, 2.45) is 11.0 Å². The number of nitrogens with zero attached hydrogens (tertiary/aromatic N) is 1. The van der Waals surface area contributed by atoms with Gasteiger partial charge in [0.2, 0.25) is 0 Å². The molecule has 0 fully saturated rings. The Bertz CT molecular complexity index is 832. The Kier molecular flexibility index (Phi) is 7.56. The second-order valence-electron chi connectivity index (χ2n) is 6.43. The van der Waals surface area contributed by atoms with Crippen molar-refractivity contribution in [2.75, 3.05) is 14.2 Å². The molecule has 1 atom stereocenters. The molecule has 0 saturated heterocycles. The molecule has 0 heterocycles. The van der Waals surface area contributed by atoms with Crippen LogP contribution in [0.1, 0.15) is 29.8 Å². The molecule has 0 saturated carbocycles. The van der Waals surface area contributed by atoms with Gasteiger partial charge in [0.05, 0.1) is 20.4 Å². The second-order valence-corrected chi connectivity index (χ2v) is 6.43. The third kappa shape index (κ3) is 5.84. The van der Waals surface area contributed by atoms with Gasteiger partial charge in [-0.1, -0.05) is 26.0 Å². The first kappa shape index (κ1) is 21.0. The van der Waals surface area contributed by atoms with Crippen LogP contribution in [0.4, 0.5) is 0 Å². The first-order chi connectivity index (χ1) is 13.4. The highest BCUT2D eigenvalue weighted by atomic mass is 16.5. The number of hydrogen-bond acceptors (Lipinski definition) is 5. The average Bonchev–Trinajstić information content (AvgIpc) is 2.71. The molecule has 0 aliphatic heterocycles. The molecule has 1 unspecified atom stereocenters. The monoisotopic (exact) mass is 383 g/mol. The summed E-state index contributed by atoms with van der Waals surface area (Å²) in [7, 11) is 3.14. The largest absolute Gasteiger partial charge is 0.497 e. The molecule has 2 N–H and O–H groups in total. The van der Waals surface area contributed by atoms with Crippen LogP contribution in [0.5, 0.6) is 11.5 Å². The van der Waals surface area contributed by atoms with Gasteiger partial charge in [0.1, 0.15) is 17.5 Å². The van der Waals surface area contributed by atoms with Gasteiger partial charge in [-0.2, -0.15) is 5.10 Å². The molecular formula is C21H25N3O4. The Morgan fingerprint density at radius 3 is 2.29 bits per heavy atom. The lowest BCUT2D eigenvalue weighted by atomic mass is 10.0. The van der Waals surface area contributed by atoms with Crippen LogP contribution in [0.2, 0.25) is 0 Å². The van der Waals surface area contributed by atoms with E-state index in [0.717, 1.165) is 5.56 Å². The molecule has 2 rings (SSSR count). The molecule has 148 valence electrons. The topological polar surface area (TPSA) is 89.0 Å². The Morgan fingerprint density at radius 2 is 1.68 bits per heavy atom. The quantitative estimate of drug-likeness (QED) is 0.542. The number of carbonyl (C=O) groups excluding carboxylic acids is 2. The predicted octanol–water partition coefficient (Wildman–Crippen LogP) is 2.61. The molecule has 0 aliphatic rings. The van der Waals surface area contributed by atoms with E-state index in [0.29, 0.717) is 17.1 Å². The van der Waals surface area contributed by atoms with Gasteiger partial charge in [-0.3, -0.25) is 9.59 Å². The van der Waals surface area contributed by atoms with Crippen molar-refractivity contribution in [1.29, 1.82) is 0 Å². The summed E-state index contributed by atoms with van der Waals surface area (Å²) in [5, 5.41) is 6.73. The molecule has 2 amide bonds. The lowest BCUT2D eigenvalue weighted by Crippen LogP contribution is -2.48. The van der Waals surface area contributed by atoms with Crippen LogP contribution in [0.3, 0.4) is 0 Å². The number of hydrogen-bond donors (Lipinski definition) is 2. The fourth-order valence-electron chi connectivity index (χ4n) is 2.46. The van der Waals surface area contributed by atoms with E-state index in [4.69, 9.17) is 9.47 Å². The van der Waals surface area contributed by atoms with Crippen molar-refractivity contribution in [1.82, 2.24) is 10.7 Å². The summed E-state index contributed by atoms with van der Waals surface area (Å²) < 4.78 is 10.2. The van der Waals surface area contributed by atoms with Gasteiger partial charge in [-0.15, -0.1) is 0 Å². The molecule has 28 heavy (non-hydrogen) atoms. The van der Waals surface area contributed by atoms with Crippen LogP contribution in [0.25, 0.3) is 0 Å². The van der Waals surface area contributed by atoms with Gasteiger partial charge in [0, 0.05) is 5.56 Å². The highest BCUT2D eigenvalue weighted by molar-refractivity contribution is 5.97. The molecule has 0 radical (unpaired) electrons. The summed E-state index contributed by atoms with van der Waals surface area (Å²) in [5.74, 6) is 0.502. The average molecular weight is 383 g/mol. The molecular weight excluding hydrogens is 358 g/mol. The number of rotatable bonds is 8. The van der Waals surface area contributed by atoms with Gasteiger partial charge in [0.25, 0.3) is 11.8 Å². The SMILES string of the molecule is COc1ccc(C(=O)NC(C(=O)N/N=C/c2cccc(OC)c2)C(C)C)cc1. The summed E-state index contributed by atoms with van der Waals surface area (Å²) in [6.07, 6.45) is 1.52. The van der Waals surface area contributed by atoms with Crippen LogP contribution in [0, 0.1) is 5.92 Å². The van der Waals surface area contributed by atoms with E-state index in [9.17, 15) is 9.59 Å². The molecule has 0 aliphatic carbocycles. The number of methoxy groups -OCH3 is 2. The van der Waals surface area contributed by atoms with Gasteiger partial charge >= 0.3 is 0 Å². The maximum atomic E-state index is 12.5. The van der Waals surface area contributed by atoms with Gasteiger partial charge in [-0.25, -0.2) is 5.43 Å². The summed E-state index contributed by atoms with van der Waals surface area (Å²) in [4.78, 5) is 24.9. The van der Waals surface area contributed by atoms with Crippen molar-refractivity contribution >= 4 is 18.0 Å². The third-order valence-corrected chi connectivity index (χ3v) is 4.07. The summed E-state index contributed by atoms with van der Waals surface area (Å²) >= 11 is 0. The van der Waals surface area contributed by atoms with E-state index in [1.165, 1.54) is 6.21 Å². The number of ether oxygens (including phenoxy) is 2. The molecule has 0 aromatic heterocycles. The minimum Gasteiger partial charge on any atom is -0.497 e. The van der Waals surface area contributed by atoms with Crippen LogP contribution in [-0.2, 0) is 4.79 Å². The molecule has 0 spiro atoms. The molecule has 2 aromatic carbocycles. The van der Waals surface area contributed by atoms with Gasteiger partial charge in [0.15, 0.2) is 0 Å². The van der Waals surface area contributed by atoms with E-state index < -0.39 is 11.9 Å². The summed E-state index contributed by atoms with van der Waals surface area (Å²) in [5.41, 5.74) is 3.70. The Labute approximate surface area is 164 Å². The maximum Gasteiger partial charge on any atom is 0.262 e. The van der Waals surface area contributed by atoms with E-state index in [-0.39, 0.29) is 11.8 Å². The van der Waals surface area contributed by atoms with Crippen LogP contribution >= 0.6 is 0 Å². The van der Waals surface area contributed by atoms with E-state index in [1.54, 1.807) is 44.6 Å². The zero-order valence-electron chi connectivity index (χ0n) is 16.4. The van der Waals surface area contributed by atoms with Crippen molar-refractivity contribution in [3.05, 3.63) is 59.7 Å². The molecule has 2 aromatic rings. The molecule has 7 heteroatoms. The van der Waals surface area contributed by atoms with Crippen LogP contribution < -0.4 is 20.2 Å². The Balaban J connectivity index is 2.00. The Hall–Kier alpha value is -3.35. The second kappa shape index (κ2) is 10.1. The lowest BCUT2D eigenvalue weighted by molar-refractivity contribution is -0.123. The van der Waals surface area contributed by atoms with Crippen molar-refractivity contribution < 1.29 is 19.1 Å². The maximum absolute atomic E-state index is 12.5. The number of nitrogens with one attached hydrogen (secondary N) is 2. The molecule has 0 bridgehead atoms. The van der Waals surface area contributed by atoms with Gasteiger partial charge < -0.3 is 14.8 Å². The van der Waals surface area contributed by atoms with E-state index in [2.05, 4.69) is 15.8 Å². The van der Waals surface area contributed by atoms with Crippen LogP contribution in [-0.4, -0.2) is 38.3 Å². The smallest absolute Gasteiger partial charge is 0.262 e. The van der Waals surface area contributed by atoms with E-state index in [1.807, 2.05) is 32.0 Å². The number of amides is 2. The highest BCUT2D eigenvalue weighted by Crippen LogP contribution is 2.12. The van der Waals surface area contributed by atoms with E-state index >= 15 is 0 Å². The van der Waals surface area contributed by atoms with Crippen molar-refractivity contribution in [3.63, 3.8) is 0 Å². The third-order valence-electron chi connectivity index (χ3n) is 4.07. The van der Waals surface area contributed by atoms with Gasteiger partial charge in [-0.05, 0) is 47.9 Å². The standard InChI is InChI=1S/C21H25N3O4/c1-14(2)19(23-20(25)16-8-10-17(27-3)11-9-16)21(26)24-22-13-15-6-5-7-18(12-15)28-4/h5-14,19H,1-4H3,(H,23,25)(H,24,26)/b22-13+. The first-order valence-electron chi connectivity index (χ1n) is 8.86. The zero-order valence-corrected chi connectivity index (χ0v) is 16.4.